The maximum Gasteiger partial charge on any atom is 0.258 e. The number of rotatable bonds is 2. The fraction of sp³-hybridized carbons (Fsp3) is 0. The third-order valence-corrected chi connectivity index (χ3v) is 3.54. The molecule has 0 fully saturated rings. The largest absolute Gasteiger partial charge is 0.321 e. The number of hydrogen-bond donors (Lipinski definition) is 2. The van der Waals surface area contributed by atoms with Crippen molar-refractivity contribution >= 4 is 38.4 Å². The van der Waals surface area contributed by atoms with Crippen molar-refractivity contribution in [2.45, 2.75) is 0 Å². The van der Waals surface area contributed by atoms with Gasteiger partial charge in [-0.2, -0.15) is 5.10 Å². The average Bonchev–Trinajstić information content (AvgIpc) is 2.91. The first-order valence-electron chi connectivity index (χ1n) is 5.84. The van der Waals surface area contributed by atoms with Crippen molar-refractivity contribution < 1.29 is 9.18 Å². The van der Waals surface area contributed by atoms with Crippen LogP contribution in [-0.2, 0) is 0 Å². The summed E-state index contributed by atoms with van der Waals surface area (Å²) in [4.78, 5) is 12.2. The van der Waals surface area contributed by atoms with Crippen molar-refractivity contribution in [3.8, 4) is 0 Å². The zero-order valence-corrected chi connectivity index (χ0v) is 11.7. The molecule has 0 spiro atoms. The Labute approximate surface area is 122 Å². The third kappa shape index (κ3) is 2.18. The van der Waals surface area contributed by atoms with Gasteiger partial charge in [0.05, 0.1) is 27.4 Å². The maximum absolute atomic E-state index is 13.9. The Balaban J connectivity index is 1.97. The zero-order valence-electron chi connectivity index (χ0n) is 10.2. The van der Waals surface area contributed by atoms with Crippen LogP contribution in [0.15, 0.2) is 47.1 Å². The molecule has 2 aromatic carbocycles. The molecule has 3 aromatic rings. The second-order valence-electron chi connectivity index (χ2n) is 4.19. The number of H-pyrrole nitrogens is 1. The van der Waals surface area contributed by atoms with Gasteiger partial charge in [-0.1, -0.05) is 12.1 Å². The van der Waals surface area contributed by atoms with Crippen LogP contribution >= 0.6 is 15.9 Å². The Kier molecular flexibility index (Phi) is 3.23. The standard InChI is InChI=1S/C14H9BrFN3O/c15-10-4-1-3-8(13(10)16)14(20)18-11-5-2-6-12-9(11)7-17-19-12/h1-7H,(H,17,19)(H,18,20). The lowest BCUT2D eigenvalue weighted by Gasteiger charge is -2.07. The van der Waals surface area contributed by atoms with Gasteiger partial charge in [0.25, 0.3) is 5.91 Å². The molecule has 1 amide bonds. The van der Waals surface area contributed by atoms with E-state index in [2.05, 4.69) is 31.4 Å². The Morgan fingerprint density at radius 2 is 2.05 bits per heavy atom. The molecule has 100 valence electrons. The van der Waals surface area contributed by atoms with Gasteiger partial charge in [-0.25, -0.2) is 4.39 Å². The van der Waals surface area contributed by atoms with Crippen LogP contribution in [0.25, 0.3) is 10.9 Å². The molecule has 0 atom stereocenters. The van der Waals surface area contributed by atoms with E-state index in [1.54, 1.807) is 30.5 Å². The molecule has 0 aliphatic heterocycles. The summed E-state index contributed by atoms with van der Waals surface area (Å²) in [6.07, 6.45) is 1.61. The summed E-state index contributed by atoms with van der Waals surface area (Å²) in [5.74, 6) is -1.08. The molecule has 0 saturated heterocycles. The van der Waals surface area contributed by atoms with Crippen LogP contribution in [0.4, 0.5) is 10.1 Å². The maximum atomic E-state index is 13.9. The summed E-state index contributed by atoms with van der Waals surface area (Å²) in [5.41, 5.74) is 1.37. The van der Waals surface area contributed by atoms with Gasteiger partial charge in [-0.3, -0.25) is 9.89 Å². The summed E-state index contributed by atoms with van der Waals surface area (Å²) in [7, 11) is 0. The van der Waals surface area contributed by atoms with Crippen molar-refractivity contribution in [3.05, 3.63) is 58.4 Å². The normalized spacial score (nSPS) is 10.7. The first kappa shape index (κ1) is 12.8. The number of benzene rings is 2. The first-order chi connectivity index (χ1) is 9.66. The van der Waals surface area contributed by atoms with Gasteiger partial charge in [0, 0.05) is 5.39 Å². The fourth-order valence-corrected chi connectivity index (χ4v) is 2.31. The fourth-order valence-electron chi connectivity index (χ4n) is 1.95. The van der Waals surface area contributed by atoms with Crippen LogP contribution in [0.3, 0.4) is 0 Å². The number of amides is 1. The van der Waals surface area contributed by atoms with Crippen molar-refractivity contribution in [1.29, 1.82) is 0 Å². The van der Waals surface area contributed by atoms with Crippen molar-refractivity contribution in [3.63, 3.8) is 0 Å². The second-order valence-corrected chi connectivity index (χ2v) is 5.05. The Morgan fingerprint density at radius 3 is 2.90 bits per heavy atom. The lowest BCUT2D eigenvalue weighted by atomic mass is 10.1. The first-order valence-corrected chi connectivity index (χ1v) is 6.63. The predicted molar refractivity (Wildman–Crippen MR) is 78.1 cm³/mol. The highest BCUT2D eigenvalue weighted by Crippen LogP contribution is 2.23. The minimum Gasteiger partial charge on any atom is -0.321 e. The molecule has 3 rings (SSSR count). The molecular weight excluding hydrogens is 325 g/mol. The van der Waals surface area contributed by atoms with Crippen LogP contribution in [-0.4, -0.2) is 16.1 Å². The van der Waals surface area contributed by atoms with Crippen molar-refractivity contribution in [2.24, 2.45) is 0 Å². The van der Waals surface area contributed by atoms with E-state index in [1.165, 1.54) is 6.07 Å². The van der Waals surface area contributed by atoms with Crippen LogP contribution in [0, 0.1) is 5.82 Å². The van der Waals surface area contributed by atoms with Crippen LogP contribution < -0.4 is 5.32 Å². The Hall–Kier alpha value is -2.21. The van der Waals surface area contributed by atoms with E-state index in [1.807, 2.05) is 6.07 Å². The summed E-state index contributed by atoms with van der Waals surface area (Å²) in [6, 6.07) is 9.96. The van der Waals surface area contributed by atoms with Gasteiger partial charge in [0.15, 0.2) is 0 Å². The summed E-state index contributed by atoms with van der Waals surface area (Å²) >= 11 is 3.06. The Bertz CT molecular complexity index is 800. The van der Waals surface area contributed by atoms with E-state index < -0.39 is 11.7 Å². The molecule has 0 aliphatic rings. The summed E-state index contributed by atoms with van der Waals surface area (Å²) in [6.45, 7) is 0. The lowest BCUT2D eigenvalue weighted by molar-refractivity contribution is 0.102. The van der Waals surface area contributed by atoms with E-state index in [0.29, 0.717) is 5.69 Å². The molecule has 0 radical (unpaired) electrons. The number of aromatic nitrogens is 2. The predicted octanol–water partition coefficient (Wildman–Crippen LogP) is 3.72. The molecule has 1 heterocycles. The molecule has 20 heavy (non-hydrogen) atoms. The summed E-state index contributed by atoms with van der Waals surface area (Å²) < 4.78 is 14.1. The van der Waals surface area contributed by atoms with E-state index in [4.69, 9.17) is 0 Å². The molecular formula is C14H9BrFN3O. The molecule has 2 N–H and O–H groups in total. The van der Waals surface area contributed by atoms with Crippen molar-refractivity contribution in [1.82, 2.24) is 10.2 Å². The Morgan fingerprint density at radius 1 is 1.25 bits per heavy atom. The van der Waals surface area contributed by atoms with Gasteiger partial charge in [-0.15, -0.1) is 0 Å². The number of hydrogen-bond acceptors (Lipinski definition) is 2. The molecule has 6 heteroatoms. The van der Waals surface area contributed by atoms with Gasteiger partial charge in [0.1, 0.15) is 5.82 Å². The van der Waals surface area contributed by atoms with Crippen LogP contribution in [0.1, 0.15) is 10.4 Å². The monoisotopic (exact) mass is 333 g/mol. The van der Waals surface area contributed by atoms with E-state index in [9.17, 15) is 9.18 Å². The summed E-state index contributed by atoms with van der Waals surface area (Å²) in [5, 5.41) is 10.2. The highest BCUT2D eigenvalue weighted by Gasteiger charge is 2.15. The van der Waals surface area contributed by atoms with Crippen molar-refractivity contribution in [2.75, 3.05) is 5.32 Å². The SMILES string of the molecule is O=C(Nc1cccc2[nH]ncc12)c1cccc(Br)c1F. The highest BCUT2D eigenvalue weighted by molar-refractivity contribution is 9.10. The molecule has 0 saturated carbocycles. The lowest BCUT2D eigenvalue weighted by Crippen LogP contribution is -2.14. The molecule has 1 aromatic heterocycles. The quantitative estimate of drug-likeness (QED) is 0.750. The minimum absolute atomic E-state index is 0.0140. The van der Waals surface area contributed by atoms with Gasteiger partial charge in [-0.05, 0) is 40.2 Å². The average molecular weight is 334 g/mol. The topological polar surface area (TPSA) is 57.8 Å². The second kappa shape index (κ2) is 5.05. The van der Waals surface area contributed by atoms with Gasteiger partial charge < -0.3 is 5.32 Å². The highest BCUT2D eigenvalue weighted by atomic mass is 79.9. The zero-order chi connectivity index (χ0) is 14.1. The number of aromatic amines is 1. The van der Waals surface area contributed by atoms with Crippen LogP contribution in [0.5, 0.6) is 0 Å². The van der Waals surface area contributed by atoms with E-state index in [0.717, 1.165) is 10.9 Å². The third-order valence-electron chi connectivity index (χ3n) is 2.93. The van der Waals surface area contributed by atoms with Crippen LogP contribution in [0.2, 0.25) is 0 Å². The number of carbonyl (C=O) groups excluding carboxylic acids is 1. The number of fused-ring (bicyclic) bond motifs is 1. The molecule has 0 aliphatic carbocycles. The van der Waals surface area contributed by atoms with Gasteiger partial charge >= 0.3 is 0 Å². The number of halogens is 2. The smallest absolute Gasteiger partial charge is 0.258 e. The molecule has 4 nitrogen and oxygen atoms in total. The number of carbonyl (C=O) groups is 1. The number of anilines is 1. The number of nitrogens with zero attached hydrogens (tertiary/aromatic N) is 1. The van der Waals surface area contributed by atoms with Gasteiger partial charge in [0.2, 0.25) is 0 Å². The molecule has 0 unspecified atom stereocenters. The van der Waals surface area contributed by atoms with E-state index >= 15 is 0 Å². The minimum atomic E-state index is -0.579. The molecule has 0 bridgehead atoms. The van der Waals surface area contributed by atoms with E-state index in [-0.39, 0.29) is 10.0 Å². The number of nitrogens with one attached hydrogen (secondary N) is 2.